The van der Waals surface area contributed by atoms with Gasteiger partial charge in [-0.3, -0.25) is 4.79 Å². The van der Waals surface area contributed by atoms with Crippen molar-refractivity contribution < 1.29 is 23.5 Å². The topological polar surface area (TPSA) is 110 Å². The number of hydrogen-bond donors (Lipinski definition) is 2. The summed E-state index contributed by atoms with van der Waals surface area (Å²) in [6.07, 6.45) is 2.24. The first-order valence-corrected chi connectivity index (χ1v) is 10.9. The number of nitrogens with one attached hydrogen (secondary N) is 1. The van der Waals surface area contributed by atoms with Crippen LogP contribution in [0.2, 0.25) is 0 Å². The molecule has 0 bridgehead atoms. The predicted molar refractivity (Wildman–Crippen MR) is 123 cm³/mol. The summed E-state index contributed by atoms with van der Waals surface area (Å²) in [5, 5.41) is 13.6. The molecule has 0 aliphatic carbocycles. The third-order valence-corrected chi connectivity index (χ3v) is 5.73. The minimum atomic E-state index is -1.06. The molecule has 0 radical (unpaired) electrons. The third-order valence-electron chi connectivity index (χ3n) is 5.73. The standard InChI is InChI=1S/C25H31NO6/c1-13(2)9-19(23(28)29)26-22(27)8-7-15-14(3)16-10-17-18(25(4,5)6)12-31-20(17)11-21(16)32-24(15)30/h10-13,19H,7-9H2,1-6H3,(H,26,27)(H,28,29). The normalized spacial score (nSPS) is 13.1. The van der Waals surface area contributed by atoms with Crippen LogP contribution < -0.4 is 10.9 Å². The summed E-state index contributed by atoms with van der Waals surface area (Å²) < 4.78 is 11.2. The molecule has 3 rings (SSSR count). The minimum Gasteiger partial charge on any atom is -0.480 e. The summed E-state index contributed by atoms with van der Waals surface area (Å²) >= 11 is 0. The Labute approximate surface area is 186 Å². The van der Waals surface area contributed by atoms with Crippen LogP contribution in [-0.4, -0.2) is 23.0 Å². The van der Waals surface area contributed by atoms with Crippen LogP contribution in [0.3, 0.4) is 0 Å². The maximum Gasteiger partial charge on any atom is 0.339 e. The van der Waals surface area contributed by atoms with Gasteiger partial charge >= 0.3 is 11.6 Å². The van der Waals surface area contributed by atoms with Crippen molar-refractivity contribution in [2.24, 2.45) is 5.92 Å². The highest BCUT2D eigenvalue weighted by Crippen LogP contribution is 2.35. The van der Waals surface area contributed by atoms with E-state index in [0.29, 0.717) is 23.2 Å². The maximum atomic E-state index is 12.6. The Morgan fingerprint density at radius 1 is 1.12 bits per heavy atom. The van der Waals surface area contributed by atoms with Gasteiger partial charge in [-0.25, -0.2) is 9.59 Å². The number of carbonyl (C=O) groups is 2. The highest BCUT2D eigenvalue weighted by atomic mass is 16.4. The van der Waals surface area contributed by atoms with E-state index >= 15 is 0 Å². The first-order valence-electron chi connectivity index (χ1n) is 10.9. The van der Waals surface area contributed by atoms with Crippen LogP contribution in [0, 0.1) is 12.8 Å². The Kier molecular flexibility index (Phi) is 6.49. The number of amides is 1. The number of hydrogen-bond acceptors (Lipinski definition) is 5. The van der Waals surface area contributed by atoms with Crippen molar-refractivity contribution in [2.45, 2.75) is 72.3 Å². The zero-order valence-electron chi connectivity index (χ0n) is 19.5. The Morgan fingerprint density at radius 2 is 1.81 bits per heavy atom. The van der Waals surface area contributed by atoms with Crippen molar-refractivity contribution in [3.8, 4) is 0 Å². The van der Waals surface area contributed by atoms with E-state index in [1.807, 2.05) is 26.8 Å². The Hall–Kier alpha value is -3.09. The van der Waals surface area contributed by atoms with Crippen molar-refractivity contribution in [2.75, 3.05) is 0 Å². The zero-order chi connectivity index (χ0) is 23.8. The van der Waals surface area contributed by atoms with Crippen LogP contribution >= 0.6 is 0 Å². The van der Waals surface area contributed by atoms with E-state index < -0.39 is 23.5 Å². The fraction of sp³-hybridized carbons (Fsp3) is 0.480. The summed E-state index contributed by atoms with van der Waals surface area (Å²) in [7, 11) is 0. The van der Waals surface area contributed by atoms with Crippen molar-refractivity contribution in [3.63, 3.8) is 0 Å². The molecule has 3 aromatic rings. The first-order chi connectivity index (χ1) is 14.9. The molecule has 172 valence electrons. The lowest BCUT2D eigenvalue weighted by atomic mass is 9.86. The third kappa shape index (κ3) is 4.87. The van der Waals surface area contributed by atoms with Crippen molar-refractivity contribution >= 4 is 33.8 Å². The second-order valence-electron chi connectivity index (χ2n) is 9.82. The molecular weight excluding hydrogens is 410 g/mol. The molecule has 1 unspecified atom stereocenters. The molecule has 32 heavy (non-hydrogen) atoms. The molecule has 0 aliphatic heterocycles. The van der Waals surface area contributed by atoms with Crippen LogP contribution in [0.5, 0.6) is 0 Å². The molecule has 0 fully saturated rings. The largest absolute Gasteiger partial charge is 0.480 e. The molecule has 0 spiro atoms. The van der Waals surface area contributed by atoms with Crippen LogP contribution in [0.4, 0.5) is 0 Å². The van der Waals surface area contributed by atoms with Gasteiger partial charge in [0.2, 0.25) is 5.91 Å². The SMILES string of the molecule is Cc1c(CCC(=O)NC(CC(C)C)C(=O)O)c(=O)oc2cc3occ(C(C)(C)C)c3cc12. The number of aryl methyl sites for hydroxylation is 1. The number of carboxylic acid groups (broad SMARTS) is 1. The van der Waals surface area contributed by atoms with Gasteiger partial charge in [-0.05, 0) is 42.7 Å². The lowest BCUT2D eigenvalue weighted by Gasteiger charge is -2.17. The van der Waals surface area contributed by atoms with E-state index in [0.717, 1.165) is 21.9 Å². The van der Waals surface area contributed by atoms with Gasteiger partial charge in [0, 0.05) is 34.4 Å². The monoisotopic (exact) mass is 441 g/mol. The van der Waals surface area contributed by atoms with Gasteiger partial charge in [-0.2, -0.15) is 0 Å². The molecule has 0 saturated heterocycles. The van der Waals surface area contributed by atoms with Gasteiger partial charge in [-0.15, -0.1) is 0 Å². The van der Waals surface area contributed by atoms with Gasteiger partial charge in [0.15, 0.2) is 0 Å². The molecule has 1 aromatic carbocycles. The maximum absolute atomic E-state index is 12.6. The molecular formula is C25H31NO6. The van der Waals surface area contributed by atoms with Crippen molar-refractivity contribution in [3.05, 3.63) is 45.5 Å². The fourth-order valence-corrected chi connectivity index (χ4v) is 3.98. The Morgan fingerprint density at radius 3 is 2.41 bits per heavy atom. The first kappa shape index (κ1) is 23.6. The highest BCUT2D eigenvalue weighted by Gasteiger charge is 2.23. The zero-order valence-corrected chi connectivity index (χ0v) is 19.5. The van der Waals surface area contributed by atoms with E-state index in [-0.39, 0.29) is 24.2 Å². The quantitative estimate of drug-likeness (QED) is 0.515. The molecule has 0 aliphatic rings. The van der Waals surface area contributed by atoms with E-state index in [1.165, 1.54) is 0 Å². The summed E-state index contributed by atoms with van der Waals surface area (Å²) in [5.74, 6) is -1.34. The van der Waals surface area contributed by atoms with E-state index in [2.05, 4.69) is 26.1 Å². The number of rotatable bonds is 7. The van der Waals surface area contributed by atoms with Gasteiger partial charge in [0.05, 0.1) is 6.26 Å². The van der Waals surface area contributed by atoms with Crippen LogP contribution in [0.15, 0.2) is 32.0 Å². The lowest BCUT2D eigenvalue weighted by molar-refractivity contribution is -0.142. The summed E-state index contributed by atoms with van der Waals surface area (Å²) in [6, 6.07) is 2.76. The van der Waals surface area contributed by atoms with Gasteiger partial charge in [0.1, 0.15) is 17.2 Å². The van der Waals surface area contributed by atoms with Crippen LogP contribution in [0.25, 0.3) is 21.9 Å². The second-order valence-corrected chi connectivity index (χ2v) is 9.82. The van der Waals surface area contributed by atoms with Crippen molar-refractivity contribution in [1.82, 2.24) is 5.32 Å². The fourth-order valence-electron chi connectivity index (χ4n) is 3.98. The Balaban J connectivity index is 1.90. The number of carboxylic acids is 1. The van der Waals surface area contributed by atoms with Crippen molar-refractivity contribution in [1.29, 1.82) is 0 Å². The molecule has 1 amide bonds. The number of furan rings is 1. The summed E-state index contributed by atoms with van der Waals surface area (Å²) in [6.45, 7) is 11.9. The summed E-state index contributed by atoms with van der Waals surface area (Å²) in [5.41, 5.74) is 2.72. The molecule has 2 N–H and O–H groups in total. The minimum absolute atomic E-state index is 0.000176. The average Bonchev–Trinajstić information content (AvgIpc) is 3.08. The smallest absolute Gasteiger partial charge is 0.339 e. The predicted octanol–water partition coefficient (Wildman–Crippen LogP) is 4.69. The van der Waals surface area contributed by atoms with Gasteiger partial charge in [-0.1, -0.05) is 34.6 Å². The summed E-state index contributed by atoms with van der Waals surface area (Å²) in [4.78, 5) is 36.4. The molecule has 1 atom stereocenters. The number of fused-ring (bicyclic) bond motifs is 2. The molecule has 7 heteroatoms. The molecule has 0 saturated carbocycles. The van der Waals surface area contributed by atoms with Crippen LogP contribution in [-0.2, 0) is 21.4 Å². The molecule has 2 heterocycles. The highest BCUT2D eigenvalue weighted by molar-refractivity contribution is 5.97. The average molecular weight is 442 g/mol. The number of benzene rings is 1. The molecule has 7 nitrogen and oxygen atoms in total. The van der Waals surface area contributed by atoms with Crippen LogP contribution in [0.1, 0.15) is 64.2 Å². The van der Waals surface area contributed by atoms with Gasteiger partial charge < -0.3 is 19.3 Å². The Bertz CT molecular complexity index is 1230. The second kappa shape index (κ2) is 8.81. The van der Waals surface area contributed by atoms with E-state index in [9.17, 15) is 19.5 Å². The number of aliphatic carboxylic acids is 1. The van der Waals surface area contributed by atoms with Gasteiger partial charge in [0.25, 0.3) is 0 Å². The lowest BCUT2D eigenvalue weighted by Crippen LogP contribution is -2.41. The molecule has 2 aromatic heterocycles. The van der Waals surface area contributed by atoms with E-state index in [1.54, 1.807) is 12.3 Å². The van der Waals surface area contributed by atoms with E-state index in [4.69, 9.17) is 8.83 Å². The number of carbonyl (C=O) groups excluding carboxylic acids is 1.